The first-order valence-corrected chi connectivity index (χ1v) is 5.97. The smallest absolute Gasteiger partial charge is 0.214 e. The number of hydrogen-bond acceptors (Lipinski definition) is 3. The van der Waals surface area contributed by atoms with Crippen molar-refractivity contribution in [2.45, 2.75) is 6.54 Å². The van der Waals surface area contributed by atoms with Crippen LogP contribution < -0.4 is 9.64 Å². The Balaban J connectivity index is 2.31. The molecule has 2 aromatic carbocycles. The molecule has 0 aliphatic rings. The molecule has 0 fully saturated rings. The van der Waals surface area contributed by atoms with Crippen LogP contribution in [0.5, 0.6) is 11.5 Å². The molecule has 0 saturated heterocycles. The number of hydrogen-bond donors (Lipinski definition) is 1. The molecule has 0 spiro atoms. The first kappa shape index (κ1) is 13.9. The molecule has 5 heteroatoms. The van der Waals surface area contributed by atoms with Crippen LogP contribution in [0.3, 0.4) is 0 Å². The number of rotatable bonds is 5. The van der Waals surface area contributed by atoms with E-state index in [1.165, 1.54) is 30.2 Å². The van der Waals surface area contributed by atoms with Crippen molar-refractivity contribution in [3.63, 3.8) is 0 Å². The highest BCUT2D eigenvalue weighted by Gasteiger charge is 2.13. The van der Waals surface area contributed by atoms with Gasteiger partial charge in [-0.2, -0.15) is 0 Å². The van der Waals surface area contributed by atoms with Gasteiger partial charge in [-0.05, 0) is 29.8 Å². The lowest BCUT2D eigenvalue weighted by Crippen LogP contribution is -2.21. The van der Waals surface area contributed by atoms with Crippen molar-refractivity contribution in [2.24, 2.45) is 0 Å². The summed E-state index contributed by atoms with van der Waals surface area (Å²) in [5, 5.41) is 9.43. The fraction of sp³-hybridized carbons (Fsp3) is 0.133. The normalized spacial score (nSPS) is 10.1. The Hall–Kier alpha value is -2.56. The standard InChI is InChI=1S/C15H14FNO3/c1-20-15-8-12(16)5-6-14(15)17(10-18)9-11-3-2-4-13(19)7-11/h2-8,10,19H,9H2,1H3. The number of nitrogens with zero attached hydrogens (tertiary/aromatic N) is 1. The molecule has 4 nitrogen and oxygen atoms in total. The Kier molecular flexibility index (Phi) is 4.20. The van der Waals surface area contributed by atoms with Gasteiger partial charge < -0.3 is 14.7 Å². The molecule has 0 radical (unpaired) electrons. The van der Waals surface area contributed by atoms with E-state index in [9.17, 15) is 14.3 Å². The maximum absolute atomic E-state index is 13.2. The predicted octanol–water partition coefficient (Wildman–Crippen LogP) is 2.70. The molecule has 0 aromatic heterocycles. The minimum absolute atomic E-state index is 0.124. The molecule has 1 amide bonds. The van der Waals surface area contributed by atoms with E-state index < -0.39 is 5.82 Å². The minimum Gasteiger partial charge on any atom is -0.508 e. The van der Waals surface area contributed by atoms with Gasteiger partial charge in [0, 0.05) is 6.07 Å². The van der Waals surface area contributed by atoms with E-state index in [0.29, 0.717) is 12.1 Å². The number of carbonyl (C=O) groups is 1. The lowest BCUT2D eigenvalue weighted by Gasteiger charge is -2.20. The van der Waals surface area contributed by atoms with E-state index in [-0.39, 0.29) is 18.0 Å². The number of halogens is 1. The quantitative estimate of drug-likeness (QED) is 0.853. The number of phenolic OH excluding ortho intramolecular Hbond substituents is 1. The van der Waals surface area contributed by atoms with Crippen molar-refractivity contribution in [1.82, 2.24) is 0 Å². The van der Waals surface area contributed by atoms with Crippen molar-refractivity contribution in [3.8, 4) is 11.5 Å². The monoisotopic (exact) mass is 275 g/mol. The third-order valence-electron chi connectivity index (χ3n) is 2.84. The number of amides is 1. The zero-order valence-corrected chi connectivity index (χ0v) is 10.9. The maximum Gasteiger partial charge on any atom is 0.214 e. The molecule has 2 rings (SSSR count). The SMILES string of the molecule is COc1cc(F)ccc1N(C=O)Cc1cccc(O)c1. The first-order chi connectivity index (χ1) is 9.63. The second kappa shape index (κ2) is 6.06. The highest BCUT2D eigenvalue weighted by molar-refractivity contribution is 5.78. The van der Waals surface area contributed by atoms with Crippen molar-refractivity contribution in [1.29, 1.82) is 0 Å². The summed E-state index contributed by atoms with van der Waals surface area (Å²) in [4.78, 5) is 12.6. The first-order valence-electron chi connectivity index (χ1n) is 5.97. The second-order valence-electron chi connectivity index (χ2n) is 4.22. The molecule has 0 bridgehead atoms. The van der Waals surface area contributed by atoms with Crippen LogP contribution in [0.1, 0.15) is 5.56 Å². The van der Waals surface area contributed by atoms with Crippen LogP contribution in [-0.2, 0) is 11.3 Å². The minimum atomic E-state index is -0.436. The van der Waals surface area contributed by atoms with Gasteiger partial charge in [-0.1, -0.05) is 12.1 Å². The van der Waals surface area contributed by atoms with Crippen LogP contribution in [0.25, 0.3) is 0 Å². The van der Waals surface area contributed by atoms with Crippen LogP contribution in [0.15, 0.2) is 42.5 Å². The third-order valence-corrected chi connectivity index (χ3v) is 2.84. The fourth-order valence-corrected chi connectivity index (χ4v) is 1.92. The number of carbonyl (C=O) groups excluding carboxylic acids is 1. The topological polar surface area (TPSA) is 49.8 Å². The van der Waals surface area contributed by atoms with Crippen molar-refractivity contribution in [2.75, 3.05) is 12.0 Å². The zero-order valence-electron chi connectivity index (χ0n) is 10.9. The van der Waals surface area contributed by atoms with E-state index in [1.54, 1.807) is 24.3 Å². The van der Waals surface area contributed by atoms with Crippen molar-refractivity contribution >= 4 is 12.1 Å². The van der Waals surface area contributed by atoms with Gasteiger partial charge in [0.2, 0.25) is 6.41 Å². The summed E-state index contributed by atoms with van der Waals surface area (Å²) in [6.45, 7) is 0.250. The molecule has 0 atom stereocenters. The molecule has 0 aliphatic carbocycles. The summed E-state index contributed by atoms with van der Waals surface area (Å²) in [6.07, 6.45) is 0.639. The van der Waals surface area contributed by atoms with E-state index in [1.807, 2.05) is 0 Å². The molecule has 2 aromatic rings. The lowest BCUT2D eigenvalue weighted by atomic mass is 10.2. The van der Waals surface area contributed by atoms with Gasteiger partial charge in [0.05, 0.1) is 19.3 Å². The molecule has 0 saturated carbocycles. The number of ether oxygens (including phenoxy) is 1. The summed E-state index contributed by atoms with van der Waals surface area (Å²) in [5.41, 5.74) is 1.22. The van der Waals surface area contributed by atoms with Gasteiger partial charge in [-0.15, -0.1) is 0 Å². The van der Waals surface area contributed by atoms with Crippen LogP contribution >= 0.6 is 0 Å². The Morgan fingerprint density at radius 2 is 2.10 bits per heavy atom. The van der Waals surface area contributed by atoms with E-state index in [2.05, 4.69) is 0 Å². The molecule has 1 N–H and O–H groups in total. The fourth-order valence-electron chi connectivity index (χ4n) is 1.92. The van der Waals surface area contributed by atoms with Crippen molar-refractivity contribution in [3.05, 3.63) is 53.8 Å². The Morgan fingerprint density at radius 3 is 2.75 bits per heavy atom. The van der Waals surface area contributed by atoms with Gasteiger partial charge in [0.15, 0.2) is 0 Å². The van der Waals surface area contributed by atoms with Gasteiger partial charge in [-0.25, -0.2) is 4.39 Å². The molecule has 0 aliphatic heterocycles. The molecule has 0 unspecified atom stereocenters. The van der Waals surface area contributed by atoms with Gasteiger partial charge in [0.25, 0.3) is 0 Å². The van der Waals surface area contributed by atoms with Crippen LogP contribution in [-0.4, -0.2) is 18.6 Å². The molecule has 20 heavy (non-hydrogen) atoms. The maximum atomic E-state index is 13.2. The summed E-state index contributed by atoms with van der Waals surface area (Å²) < 4.78 is 18.2. The van der Waals surface area contributed by atoms with Crippen LogP contribution in [0.4, 0.5) is 10.1 Å². The number of benzene rings is 2. The number of anilines is 1. The predicted molar refractivity (Wildman–Crippen MR) is 73.3 cm³/mol. The Bertz CT molecular complexity index is 616. The van der Waals surface area contributed by atoms with E-state index in [0.717, 1.165) is 5.56 Å². The Morgan fingerprint density at radius 1 is 1.30 bits per heavy atom. The largest absolute Gasteiger partial charge is 0.508 e. The molecule has 0 heterocycles. The van der Waals surface area contributed by atoms with E-state index in [4.69, 9.17) is 4.74 Å². The van der Waals surface area contributed by atoms with Gasteiger partial charge in [-0.3, -0.25) is 4.79 Å². The summed E-state index contributed by atoms with van der Waals surface area (Å²) in [7, 11) is 1.41. The molecular weight excluding hydrogens is 261 g/mol. The van der Waals surface area contributed by atoms with E-state index >= 15 is 0 Å². The average Bonchev–Trinajstić information content (AvgIpc) is 2.45. The summed E-state index contributed by atoms with van der Waals surface area (Å²) in [5.74, 6) is -0.0366. The average molecular weight is 275 g/mol. The van der Waals surface area contributed by atoms with Crippen molar-refractivity contribution < 1.29 is 19.0 Å². The number of phenols is 1. The third kappa shape index (κ3) is 3.06. The molecule has 104 valence electrons. The lowest BCUT2D eigenvalue weighted by molar-refractivity contribution is -0.107. The second-order valence-corrected chi connectivity index (χ2v) is 4.22. The van der Waals surface area contributed by atoms with Gasteiger partial charge >= 0.3 is 0 Å². The van der Waals surface area contributed by atoms with Crippen LogP contribution in [0.2, 0.25) is 0 Å². The number of aromatic hydroxyl groups is 1. The number of methoxy groups -OCH3 is 1. The van der Waals surface area contributed by atoms with Crippen LogP contribution in [0, 0.1) is 5.82 Å². The van der Waals surface area contributed by atoms with Gasteiger partial charge in [0.1, 0.15) is 17.3 Å². The zero-order chi connectivity index (χ0) is 14.5. The molecular formula is C15H14FNO3. The summed E-state index contributed by atoms with van der Waals surface area (Å²) >= 11 is 0. The Labute approximate surface area is 116 Å². The summed E-state index contributed by atoms with van der Waals surface area (Å²) in [6, 6.07) is 10.5. The highest BCUT2D eigenvalue weighted by Crippen LogP contribution is 2.29. The highest BCUT2D eigenvalue weighted by atomic mass is 19.1.